The van der Waals surface area contributed by atoms with Gasteiger partial charge in [-0.3, -0.25) is 9.59 Å². The molecule has 10 nitrogen and oxygen atoms in total. The van der Waals surface area contributed by atoms with Crippen LogP contribution in [0.5, 0.6) is 0 Å². The fraction of sp³-hybridized carbons (Fsp3) is 0.357. The van der Waals surface area contributed by atoms with Crippen molar-refractivity contribution in [3.05, 3.63) is 73.9 Å². The van der Waals surface area contributed by atoms with Gasteiger partial charge in [-0.15, -0.1) is 4.37 Å². The number of carbonyl (C=O) groups excluding carboxylic acids is 4. The van der Waals surface area contributed by atoms with Crippen LogP contribution in [-0.4, -0.2) is 38.0 Å². The summed E-state index contributed by atoms with van der Waals surface area (Å²) in [5.74, 6) is -1.02. The number of esters is 2. The molecule has 14 heteroatoms. The number of rotatable bonds is 4. The molecule has 3 aromatic rings. The van der Waals surface area contributed by atoms with Crippen molar-refractivity contribution in [2.75, 3.05) is 0 Å². The first-order chi connectivity index (χ1) is 19.2. The third-order valence-corrected chi connectivity index (χ3v) is 6.17. The molecule has 0 radical (unpaired) electrons. The third kappa shape index (κ3) is 13.2. The first kappa shape index (κ1) is 36.8. The molecule has 228 valence electrons. The minimum atomic E-state index is -0.591. The molecule has 0 saturated carbocycles. The van der Waals surface area contributed by atoms with Gasteiger partial charge in [-0.1, -0.05) is 0 Å². The highest BCUT2D eigenvalue weighted by Gasteiger charge is 2.21. The molecule has 0 aliphatic heterocycles. The van der Waals surface area contributed by atoms with E-state index in [0.717, 1.165) is 17.1 Å². The standard InChI is InChI=1S/C14H15NO4S.C13H17NO3.CCl2OS/c1-8-7-9(11-15-20-13(17)18-11)5-6-10(8)12(16)19-14(2,3)4;1-8-7-9(11(14)15)5-6-10(8)12(16)17-13(2,3)4;2-1(4)5-3/h5-7H,1-4H3;5-7H,1-4H3,(H2,14,15);. The van der Waals surface area contributed by atoms with Crippen LogP contribution in [0.1, 0.15) is 83.7 Å². The summed E-state index contributed by atoms with van der Waals surface area (Å²) in [5.41, 5.74) is 7.48. The van der Waals surface area contributed by atoms with Crippen LogP contribution < -0.4 is 10.7 Å². The molecule has 2 aromatic carbocycles. The highest BCUT2D eigenvalue weighted by molar-refractivity contribution is 8.34. The minimum Gasteiger partial charge on any atom is -0.456 e. The summed E-state index contributed by atoms with van der Waals surface area (Å²) in [5, 5.41) is 0. The number of ether oxygens (including phenoxy) is 2. The molecule has 0 atom stereocenters. The average molecular weight is 660 g/mol. The molecule has 1 aromatic heterocycles. The summed E-state index contributed by atoms with van der Waals surface area (Å²) >= 11 is 5.41. The van der Waals surface area contributed by atoms with Crippen molar-refractivity contribution in [3.63, 3.8) is 0 Å². The Morgan fingerprint density at radius 3 is 1.67 bits per heavy atom. The lowest BCUT2D eigenvalue weighted by Gasteiger charge is -2.20. The second kappa shape index (κ2) is 15.9. The number of aryl methyl sites for hydroxylation is 2. The predicted octanol–water partition coefficient (Wildman–Crippen LogP) is 7.31. The second-order valence-electron chi connectivity index (χ2n) is 10.6. The van der Waals surface area contributed by atoms with Crippen LogP contribution in [-0.2, 0) is 9.47 Å². The first-order valence-electron chi connectivity index (χ1n) is 12.2. The van der Waals surface area contributed by atoms with Gasteiger partial charge in [-0.25, -0.2) is 14.4 Å². The van der Waals surface area contributed by atoms with E-state index in [1.807, 2.05) is 20.8 Å². The molecular formula is C28H32Cl2N2O8S2. The number of aromatic nitrogens is 1. The summed E-state index contributed by atoms with van der Waals surface area (Å²) < 4.78 is 18.8. The van der Waals surface area contributed by atoms with Crippen molar-refractivity contribution in [3.8, 4) is 11.5 Å². The maximum absolute atomic E-state index is 12.0. The van der Waals surface area contributed by atoms with Crippen molar-refractivity contribution in [1.29, 1.82) is 0 Å². The molecule has 3 rings (SSSR count). The van der Waals surface area contributed by atoms with Crippen molar-refractivity contribution >= 4 is 67.2 Å². The molecular weight excluding hydrogens is 627 g/mol. The normalized spacial score (nSPS) is 10.8. The van der Waals surface area contributed by atoms with Gasteiger partial charge in [-0.05, 0) is 125 Å². The van der Waals surface area contributed by atoms with E-state index in [0.29, 0.717) is 38.8 Å². The van der Waals surface area contributed by atoms with E-state index in [1.165, 1.54) is 6.07 Å². The number of hydrogen-bond donors (Lipinski definition) is 1. The van der Waals surface area contributed by atoms with Crippen LogP contribution in [0.25, 0.3) is 11.5 Å². The van der Waals surface area contributed by atoms with Crippen LogP contribution >= 0.6 is 44.8 Å². The number of benzene rings is 2. The Hall–Kier alpha value is -3.19. The predicted molar refractivity (Wildman–Crippen MR) is 166 cm³/mol. The SMILES string of the molecule is Cc1cc(-c2nsc(=O)o2)ccc1C(=O)OC(C)(C)C.Cc1cc(C(N)=O)ccc1C(=O)OC(C)(C)C.O=C(Cl)SCl. The van der Waals surface area contributed by atoms with Gasteiger partial charge < -0.3 is 19.6 Å². The number of carbonyl (C=O) groups is 4. The van der Waals surface area contributed by atoms with E-state index in [9.17, 15) is 24.0 Å². The molecule has 42 heavy (non-hydrogen) atoms. The zero-order valence-electron chi connectivity index (χ0n) is 24.3. The van der Waals surface area contributed by atoms with Gasteiger partial charge in [0.05, 0.1) is 22.7 Å². The van der Waals surface area contributed by atoms with Crippen LogP contribution in [0.2, 0.25) is 0 Å². The molecule has 1 heterocycles. The number of primary amides is 1. The number of amides is 1. The summed E-state index contributed by atoms with van der Waals surface area (Å²) in [7, 11) is 5.25. The molecule has 0 bridgehead atoms. The van der Waals surface area contributed by atoms with Crippen LogP contribution in [0.15, 0.2) is 45.6 Å². The molecule has 0 spiro atoms. The van der Waals surface area contributed by atoms with E-state index >= 15 is 0 Å². The fourth-order valence-electron chi connectivity index (χ4n) is 3.04. The monoisotopic (exact) mass is 658 g/mol. The van der Waals surface area contributed by atoms with E-state index in [2.05, 4.69) is 16.0 Å². The molecule has 0 saturated heterocycles. The molecule has 0 aliphatic carbocycles. The number of nitrogens with zero attached hydrogens (tertiary/aromatic N) is 1. The Balaban J connectivity index is 0.000000366. The zero-order valence-corrected chi connectivity index (χ0v) is 27.5. The van der Waals surface area contributed by atoms with Gasteiger partial charge in [-0.2, -0.15) is 0 Å². The smallest absolute Gasteiger partial charge is 0.414 e. The molecule has 0 fully saturated rings. The van der Waals surface area contributed by atoms with Crippen molar-refractivity contribution < 1.29 is 33.1 Å². The molecule has 2 N–H and O–H groups in total. The summed E-state index contributed by atoms with van der Waals surface area (Å²) in [6.07, 6.45) is 0. The zero-order chi connectivity index (χ0) is 32.4. The van der Waals surface area contributed by atoms with Crippen molar-refractivity contribution in [1.82, 2.24) is 4.37 Å². The quantitative estimate of drug-likeness (QED) is 0.223. The number of nitrogens with two attached hydrogens (primary N) is 1. The fourth-order valence-corrected chi connectivity index (χ4v) is 3.46. The Morgan fingerprint density at radius 1 is 0.881 bits per heavy atom. The third-order valence-electron chi connectivity index (χ3n) is 4.67. The highest BCUT2D eigenvalue weighted by Crippen LogP contribution is 2.22. The summed E-state index contributed by atoms with van der Waals surface area (Å²) in [6, 6.07) is 9.75. The van der Waals surface area contributed by atoms with Crippen molar-refractivity contribution in [2.45, 2.75) is 66.6 Å². The Labute approximate surface area is 261 Å². The van der Waals surface area contributed by atoms with Gasteiger partial charge >= 0.3 is 16.9 Å². The summed E-state index contributed by atoms with van der Waals surface area (Å²) in [4.78, 5) is 54.8. The molecule has 0 unspecified atom stereocenters. The van der Waals surface area contributed by atoms with Crippen molar-refractivity contribution in [2.24, 2.45) is 5.73 Å². The van der Waals surface area contributed by atoms with Gasteiger partial charge in [0.25, 0.3) is 4.57 Å². The van der Waals surface area contributed by atoms with E-state index in [4.69, 9.17) is 30.3 Å². The molecule has 0 aliphatic rings. The lowest BCUT2D eigenvalue weighted by atomic mass is 10.0. The number of halogens is 2. The van der Waals surface area contributed by atoms with Crippen LogP contribution in [0.4, 0.5) is 4.79 Å². The Kier molecular flexibility index (Phi) is 13.9. The Bertz CT molecular complexity index is 1490. The van der Waals surface area contributed by atoms with Gasteiger partial charge in [0, 0.05) is 22.1 Å². The number of hydrogen-bond acceptors (Lipinski definition) is 11. The topological polar surface area (TPSA) is 156 Å². The maximum Gasteiger partial charge on any atom is 0.414 e. The van der Waals surface area contributed by atoms with E-state index < -0.39 is 32.6 Å². The lowest BCUT2D eigenvalue weighted by molar-refractivity contribution is 0.00561. The minimum absolute atomic E-state index is 0.263. The van der Waals surface area contributed by atoms with Crippen LogP contribution in [0, 0.1) is 13.8 Å². The van der Waals surface area contributed by atoms with Gasteiger partial charge in [0.1, 0.15) is 11.2 Å². The maximum atomic E-state index is 12.0. The lowest BCUT2D eigenvalue weighted by Crippen LogP contribution is -2.24. The highest BCUT2D eigenvalue weighted by atomic mass is 35.7. The van der Waals surface area contributed by atoms with E-state index in [1.54, 1.807) is 65.0 Å². The van der Waals surface area contributed by atoms with Gasteiger partial charge in [0.2, 0.25) is 11.8 Å². The second-order valence-corrected chi connectivity index (χ2v) is 12.8. The summed E-state index contributed by atoms with van der Waals surface area (Å²) in [6.45, 7) is 14.4. The largest absolute Gasteiger partial charge is 0.456 e. The van der Waals surface area contributed by atoms with Gasteiger partial charge in [0.15, 0.2) is 0 Å². The molecule has 1 amide bonds. The van der Waals surface area contributed by atoms with E-state index in [-0.39, 0.29) is 11.9 Å². The first-order valence-corrected chi connectivity index (χ1v) is 15.0. The Morgan fingerprint density at radius 2 is 1.33 bits per heavy atom. The van der Waals surface area contributed by atoms with Crippen LogP contribution in [0.3, 0.4) is 0 Å². The average Bonchev–Trinajstić information content (AvgIpc) is 3.28.